The molecular formula is C20H27N3O4S. The Kier molecular flexibility index (Phi) is 7.22. The molecule has 1 atom stereocenters. The predicted molar refractivity (Wildman–Crippen MR) is 109 cm³/mol. The summed E-state index contributed by atoms with van der Waals surface area (Å²) in [6.07, 6.45) is 0. The van der Waals surface area contributed by atoms with Crippen LogP contribution in [0.2, 0.25) is 0 Å². The van der Waals surface area contributed by atoms with Gasteiger partial charge in [0.15, 0.2) is 0 Å². The topological polar surface area (TPSA) is 79.9 Å². The van der Waals surface area contributed by atoms with E-state index >= 15 is 0 Å². The molecule has 0 spiro atoms. The van der Waals surface area contributed by atoms with Gasteiger partial charge in [-0.2, -0.15) is 11.8 Å². The maximum atomic E-state index is 12.8. The van der Waals surface area contributed by atoms with Crippen molar-refractivity contribution in [3.63, 3.8) is 0 Å². The highest BCUT2D eigenvalue weighted by Crippen LogP contribution is 2.29. The molecule has 8 heteroatoms. The van der Waals surface area contributed by atoms with Gasteiger partial charge in [-0.05, 0) is 31.5 Å². The van der Waals surface area contributed by atoms with Crippen LogP contribution in [0, 0.1) is 0 Å². The number of hydrogen-bond acceptors (Lipinski definition) is 6. The first-order chi connectivity index (χ1) is 13.6. The van der Waals surface area contributed by atoms with E-state index in [0.29, 0.717) is 24.4 Å². The Labute approximate surface area is 169 Å². The average molecular weight is 406 g/mol. The summed E-state index contributed by atoms with van der Waals surface area (Å²) < 4.78 is 10.8. The molecule has 0 bridgehead atoms. The molecule has 28 heavy (non-hydrogen) atoms. The van der Waals surface area contributed by atoms with Crippen LogP contribution in [0.4, 0.5) is 4.79 Å². The van der Waals surface area contributed by atoms with Crippen molar-refractivity contribution in [3.8, 4) is 5.75 Å². The molecule has 2 amide bonds. The van der Waals surface area contributed by atoms with E-state index in [4.69, 9.17) is 9.47 Å². The smallest absolute Gasteiger partial charge is 0.338 e. The minimum absolute atomic E-state index is 0.278. The Balaban J connectivity index is 1.93. The Morgan fingerprint density at radius 1 is 1.18 bits per heavy atom. The fourth-order valence-electron chi connectivity index (χ4n) is 3.35. The van der Waals surface area contributed by atoms with Gasteiger partial charge in [-0.1, -0.05) is 12.1 Å². The Morgan fingerprint density at radius 3 is 2.54 bits per heavy atom. The van der Waals surface area contributed by atoms with Crippen molar-refractivity contribution in [1.29, 1.82) is 0 Å². The number of amides is 2. The number of thioether (sulfide) groups is 1. The summed E-state index contributed by atoms with van der Waals surface area (Å²) in [4.78, 5) is 27.4. The van der Waals surface area contributed by atoms with Gasteiger partial charge < -0.3 is 20.1 Å². The van der Waals surface area contributed by atoms with Crippen molar-refractivity contribution in [1.82, 2.24) is 15.5 Å². The van der Waals surface area contributed by atoms with Crippen molar-refractivity contribution in [2.24, 2.45) is 0 Å². The molecule has 0 radical (unpaired) electrons. The lowest BCUT2D eigenvalue weighted by molar-refractivity contribution is -0.139. The maximum Gasteiger partial charge on any atom is 0.338 e. The highest BCUT2D eigenvalue weighted by Gasteiger charge is 2.34. The Morgan fingerprint density at radius 2 is 1.89 bits per heavy atom. The van der Waals surface area contributed by atoms with E-state index in [1.807, 2.05) is 43.0 Å². The summed E-state index contributed by atoms with van der Waals surface area (Å²) in [7, 11) is 0. The number of rotatable bonds is 7. The minimum Gasteiger partial charge on any atom is -0.494 e. The van der Waals surface area contributed by atoms with Gasteiger partial charge in [0.1, 0.15) is 5.75 Å². The normalized spacial score (nSPS) is 20.4. The molecule has 2 heterocycles. The van der Waals surface area contributed by atoms with Gasteiger partial charge in [-0.3, -0.25) is 4.90 Å². The standard InChI is InChI=1S/C20H27N3O4S/c1-3-26-15-7-5-14(6-8-15)18-17(19(24)27-4-2)16(21-20(25)22-18)13-23-9-11-28-12-10-23/h5-8,18H,3-4,9-13H2,1-2H3,(H2,21,22,25)/t18-/m0/s1. The van der Waals surface area contributed by atoms with Crippen LogP contribution in [-0.2, 0) is 9.53 Å². The highest BCUT2D eigenvalue weighted by atomic mass is 32.2. The second kappa shape index (κ2) is 9.84. The molecule has 1 aromatic carbocycles. The maximum absolute atomic E-state index is 12.8. The van der Waals surface area contributed by atoms with Gasteiger partial charge >= 0.3 is 12.0 Å². The van der Waals surface area contributed by atoms with Gasteiger partial charge in [-0.25, -0.2) is 9.59 Å². The zero-order valence-electron chi connectivity index (χ0n) is 16.3. The molecule has 2 N–H and O–H groups in total. The summed E-state index contributed by atoms with van der Waals surface area (Å²) in [5.74, 6) is 2.45. The van der Waals surface area contributed by atoms with Crippen molar-refractivity contribution in [2.75, 3.05) is 44.4 Å². The van der Waals surface area contributed by atoms with Gasteiger partial charge in [0.25, 0.3) is 0 Å². The number of ether oxygens (including phenoxy) is 2. The molecule has 0 unspecified atom stereocenters. The third kappa shape index (κ3) is 4.99. The number of carbonyl (C=O) groups is 2. The molecule has 152 valence electrons. The second-order valence-corrected chi connectivity index (χ2v) is 7.76. The van der Waals surface area contributed by atoms with E-state index in [9.17, 15) is 9.59 Å². The quantitative estimate of drug-likeness (QED) is 0.678. The van der Waals surface area contributed by atoms with Crippen molar-refractivity contribution in [2.45, 2.75) is 19.9 Å². The average Bonchev–Trinajstić information content (AvgIpc) is 2.69. The molecule has 0 aromatic heterocycles. The summed E-state index contributed by atoms with van der Waals surface area (Å²) in [5, 5.41) is 5.71. The van der Waals surface area contributed by atoms with Crippen molar-refractivity contribution >= 4 is 23.8 Å². The van der Waals surface area contributed by atoms with Crippen molar-refractivity contribution < 1.29 is 19.1 Å². The van der Waals surface area contributed by atoms with E-state index in [1.165, 1.54) is 0 Å². The summed E-state index contributed by atoms with van der Waals surface area (Å²) in [6, 6.07) is 6.56. The number of urea groups is 1. The van der Waals surface area contributed by atoms with E-state index in [2.05, 4.69) is 15.5 Å². The zero-order chi connectivity index (χ0) is 19.9. The third-order valence-corrected chi connectivity index (χ3v) is 5.60. The first-order valence-electron chi connectivity index (χ1n) is 9.63. The molecular weight excluding hydrogens is 378 g/mol. The Hall–Kier alpha value is -2.19. The van der Waals surface area contributed by atoms with Crippen molar-refractivity contribution in [3.05, 3.63) is 41.1 Å². The zero-order valence-corrected chi connectivity index (χ0v) is 17.1. The van der Waals surface area contributed by atoms with Crippen LogP contribution in [0.3, 0.4) is 0 Å². The highest BCUT2D eigenvalue weighted by molar-refractivity contribution is 7.99. The van der Waals surface area contributed by atoms with Crippen LogP contribution < -0.4 is 15.4 Å². The molecule has 0 aliphatic carbocycles. The molecule has 3 rings (SSSR count). The molecule has 0 saturated carbocycles. The summed E-state index contributed by atoms with van der Waals surface area (Å²) >= 11 is 1.92. The monoisotopic (exact) mass is 405 g/mol. The number of esters is 1. The number of benzene rings is 1. The molecule has 1 aromatic rings. The molecule has 1 fully saturated rings. The third-order valence-electron chi connectivity index (χ3n) is 4.66. The van der Waals surface area contributed by atoms with Crippen LogP contribution in [0.25, 0.3) is 0 Å². The Bertz CT molecular complexity index is 729. The molecule has 1 saturated heterocycles. The van der Waals surface area contributed by atoms with E-state index in [0.717, 1.165) is 35.9 Å². The van der Waals surface area contributed by atoms with Gasteiger partial charge in [0, 0.05) is 36.8 Å². The largest absolute Gasteiger partial charge is 0.494 e. The first kappa shape index (κ1) is 20.5. The fraction of sp³-hybridized carbons (Fsp3) is 0.500. The van der Waals surface area contributed by atoms with Gasteiger partial charge in [0.2, 0.25) is 0 Å². The number of nitrogens with zero attached hydrogens (tertiary/aromatic N) is 1. The van der Waals surface area contributed by atoms with E-state index in [-0.39, 0.29) is 12.6 Å². The summed E-state index contributed by atoms with van der Waals surface area (Å²) in [5.41, 5.74) is 1.89. The number of carbonyl (C=O) groups excluding carboxylic acids is 2. The summed E-state index contributed by atoms with van der Waals surface area (Å²) in [6.45, 7) is 6.95. The fourth-order valence-corrected chi connectivity index (χ4v) is 4.33. The van der Waals surface area contributed by atoms with E-state index < -0.39 is 12.0 Å². The van der Waals surface area contributed by atoms with Gasteiger partial charge in [0.05, 0.1) is 24.8 Å². The molecule has 2 aliphatic rings. The second-order valence-electron chi connectivity index (χ2n) is 6.53. The number of nitrogens with one attached hydrogen (secondary N) is 2. The lowest BCUT2D eigenvalue weighted by Gasteiger charge is -2.33. The molecule has 7 nitrogen and oxygen atoms in total. The van der Waals surface area contributed by atoms with Crippen LogP contribution >= 0.6 is 11.8 Å². The van der Waals surface area contributed by atoms with Crippen LogP contribution in [0.5, 0.6) is 5.75 Å². The predicted octanol–water partition coefficient (Wildman–Crippen LogP) is 2.31. The van der Waals surface area contributed by atoms with E-state index in [1.54, 1.807) is 6.92 Å². The van der Waals surface area contributed by atoms with Crippen LogP contribution in [-0.4, -0.2) is 61.3 Å². The minimum atomic E-state index is -0.558. The number of hydrogen-bond donors (Lipinski definition) is 2. The van der Waals surface area contributed by atoms with Gasteiger partial charge in [-0.15, -0.1) is 0 Å². The van der Waals surface area contributed by atoms with Crippen LogP contribution in [0.1, 0.15) is 25.5 Å². The lowest BCUT2D eigenvalue weighted by atomic mass is 9.95. The lowest BCUT2D eigenvalue weighted by Crippen LogP contribution is -2.49. The first-order valence-corrected chi connectivity index (χ1v) is 10.8. The molecule has 2 aliphatic heterocycles. The SMILES string of the molecule is CCOC(=O)C1=C(CN2CCSCC2)NC(=O)N[C@H]1c1ccc(OCC)cc1. The van der Waals surface area contributed by atoms with Crippen LogP contribution in [0.15, 0.2) is 35.5 Å².